The first-order chi connectivity index (χ1) is 16.8. The number of anilines is 1. The van der Waals surface area contributed by atoms with Crippen molar-refractivity contribution in [1.29, 1.82) is 0 Å². The quantitative estimate of drug-likeness (QED) is 0.462. The molecule has 0 unspecified atom stereocenters. The van der Waals surface area contributed by atoms with E-state index in [-0.39, 0.29) is 16.7 Å². The van der Waals surface area contributed by atoms with Gasteiger partial charge in [-0.05, 0) is 67.6 Å². The highest BCUT2D eigenvalue weighted by Gasteiger charge is 2.35. The zero-order chi connectivity index (χ0) is 24.7. The Balaban J connectivity index is 1.77. The van der Waals surface area contributed by atoms with Gasteiger partial charge in [0.15, 0.2) is 0 Å². The van der Waals surface area contributed by atoms with Crippen LogP contribution in [0.4, 0.5) is 18.9 Å². The number of ether oxygens (including phenoxy) is 2. The lowest BCUT2D eigenvalue weighted by atomic mass is 9.94. The Morgan fingerprint density at radius 3 is 2.11 bits per heavy atom. The molecule has 1 aromatic heterocycles. The van der Waals surface area contributed by atoms with Crippen LogP contribution in [0, 0.1) is 0 Å². The molecule has 5 rings (SSSR count). The van der Waals surface area contributed by atoms with Gasteiger partial charge in [-0.2, -0.15) is 13.2 Å². The van der Waals surface area contributed by atoms with Gasteiger partial charge in [0, 0.05) is 53.8 Å². The van der Waals surface area contributed by atoms with E-state index in [9.17, 15) is 18.0 Å². The maximum Gasteiger partial charge on any atom is 0.417 e. The number of fused-ring (bicyclic) bond motifs is 1. The van der Waals surface area contributed by atoms with Crippen molar-refractivity contribution in [3.8, 4) is 33.8 Å². The first-order valence-corrected chi connectivity index (χ1v) is 11.8. The van der Waals surface area contributed by atoms with E-state index in [1.54, 1.807) is 30.9 Å². The molecule has 5 nitrogen and oxygen atoms in total. The van der Waals surface area contributed by atoms with Gasteiger partial charge in [-0.1, -0.05) is 0 Å². The molecule has 2 aliphatic rings. The van der Waals surface area contributed by atoms with Gasteiger partial charge in [-0.3, -0.25) is 4.79 Å². The summed E-state index contributed by atoms with van der Waals surface area (Å²) in [4.78, 5) is 15.6. The standard InChI is InChI=1S/C27H27F3N2O3/c1-34-19-12-17(13-20(15-19)35-2)21-16-23(26(33)32-11-5-6-25(21)32)22-14-18(31-9-3-4-10-31)7-8-24(22)27(28,29)30/h7-8,12-16H,3-6,9-11H2,1-2H3. The van der Waals surface area contributed by atoms with Crippen LogP contribution in [0.1, 0.15) is 30.5 Å². The van der Waals surface area contributed by atoms with E-state index in [1.807, 2.05) is 12.1 Å². The third-order valence-electron chi connectivity index (χ3n) is 6.93. The molecule has 0 radical (unpaired) electrons. The summed E-state index contributed by atoms with van der Waals surface area (Å²) in [7, 11) is 3.09. The molecular formula is C27H27F3N2O3. The number of pyridine rings is 1. The van der Waals surface area contributed by atoms with Crippen molar-refractivity contribution in [2.24, 2.45) is 0 Å². The van der Waals surface area contributed by atoms with Crippen LogP contribution in [-0.2, 0) is 19.1 Å². The van der Waals surface area contributed by atoms with E-state index in [2.05, 4.69) is 4.90 Å². The van der Waals surface area contributed by atoms with Gasteiger partial charge in [-0.15, -0.1) is 0 Å². The number of aromatic nitrogens is 1. The molecule has 0 aliphatic carbocycles. The van der Waals surface area contributed by atoms with Gasteiger partial charge in [0.25, 0.3) is 5.56 Å². The first kappa shape index (κ1) is 23.3. The van der Waals surface area contributed by atoms with Crippen LogP contribution in [0.25, 0.3) is 22.3 Å². The van der Waals surface area contributed by atoms with Crippen LogP contribution in [0.2, 0.25) is 0 Å². The molecule has 0 spiro atoms. The SMILES string of the molecule is COc1cc(OC)cc(-c2cc(-c3cc(N4CCCC4)ccc3C(F)(F)F)c(=O)n3c2CCC3)c1. The summed E-state index contributed by atoms with van der Waals surface area (Å²) in [6, 6.07) is 11.1. The summed E-state index contributed by atoms with van der Waals surface area (Å²) in [6.07, 6.45) is -1.16. The largest absolute Gasteiger partial charge is 0.497 e. The fourth-order valence-corrected chi connectivity index (χ4v) is 5.19. The molecule has 1 saturated heterocycles. The Labute approximate surface area is 201 Å². The molecule has 184 valence electrons. The number of rotatable bonds is 5. The van der Waals surface area contributed by atoms with Crippen LogP contribution in [0.5, 0.6) is 11.5 Å². The van der Waals surface area contributed by atoms with Crippen molar-refractivity contribution in [3.05, 3.63) is 64.1 Å². The molecule has 8 heteroatoms. The minimum Gasteiger partial charge on any atom is -0.497 e. The summed E-state index contributed by atoms with van der Waals surface area (Å²) in [5, 5.41) is 0. The minimum absolute atomic E-state index is 0.0563. The topological polar surface area (TPSA) is 43.7 Å². The monoisotopic (exact) mass is 484 g/mol. The number of alkyl halides is 3. The molecule has 2 aliphatic heterocycles. The zero-order valence-corrected chi connectivity index (χ0v) is 19.7. The molecule has 0 saturated carbocycles. The Morgan fingerprint density at radius 2 is 1.49 bits per heavy atom. The summed E-state index contributed by atoms with van der Waals surface area (Å²) in [6.45, 7) is 2.06. The van der Waals surface area contributed by atoms with Gasteiger partial charge in [0.1, 0.15) is 11.5 Å². The van der Waals surface area contributed by atoms with Crippen molar-refractivity contribution in [3.63, 3.8) is 0 Å². The maximum atomic E-state index is 14.1. The van der Waals surface area contributed by atoms with Crippen molar-refractivity contribution in [1.82, 2.24) is 4.57 Å². The first-order valence-electron chi connectivity index (χ1n) is 11.8. The Hall–Kier alpha value is -3.42. The van der Waals surface area contributed by atoms with Gasteiger partial charge >= 0.3 is 6.18 Å². The summed E-state index contributed by atoms with van der Waals surface area (Å²) in [5.41, 5.74) is 1.76. The molecule has 0 N–H and O–H groups in total. The predicted molar refractivity (Wildman–Crippen MR) is 129 cm³/mol. The average Bonchev–Trinajstić information content (AvgIpc) is 3.56. The van der Waals surface area contributed by atoms with Crippen LogP contribution in [0.3, 0.4) is 0 Å². The smallest absolute Gasteiger partial charge is 0.417 e. The molecule has 3 heterocycles. The number of hydrogen-bond acceptors (Lipinski definition) is 4. The molecular weight excluding hydrogens is 457 g/mol. The Kier molecular flexibility index (Phi) is 5.99. The Morgan fingerprint density at radius 1 is 0.800 bits per heavy atom. The molecule has 35 heavy (non-hydrogen) atoms. The van der Waals surface area contributed by atoms with Crippen LogP contribution >= 0.6 is 0 Å². The van der Waals surface area contributed by atoms with Gasteiger partial charge in [0.2, 0.25) is 0 Å². The lowest BCUT2D eigenvalue weighted by Crippen LogP contribution is -2.23. The van der Waals surface area contributed by atoms with E-state index in [0.717, 1.165) is 49.7 Å². The molecule has 1 fully saturated rings. The second-order valence-corrected chi connectivity index (χ2v) is 9.00. The molecule has 0 atom stereocenters. The van der Waals surface area contributed by atoms with Crippen LogP contribution in [0.15, 0.2) is 47.3 Å². The van der Waals surface area contributed by atoms with Crippen molar-refractivity contribution in [2.45, 2.75) is 38.4 Å². The number of methoxy groups -OCH3 is 2. The third kappa shape index (κ3) is 4.26. The number of halogens is 3. The minimum atomic E-state index is -4.59. The van der Waals surface area contributed by atoms with Gasteiger partial charge in [0.05, 0.1) is 19.8 Å². The number of benzene rings is 2. The van der Waals surface area contributed by atoms with Crippen molar-refractivity contribution < 1.29 is 22.6 Å². The van der Waals surface area contributed by atoms with Crippen molar-refractivity contribution in [2.75, 3.05) is 32.2 Å². The zero-order valence-electron chi connectivity index (χ0n) is 19.7. The van der Waals surface area contributed by atoms with Gasteiger partial charge < -0.3 is 18.9 Å². The van der Waals surface area contributed by atoms with E-state index >= 15 is 0 Å². The lowest BCUT2D eigenvalue weighted by molar-refractivity contribution is -0.137. The Bertz CT molecular complexity index is 1300. The van der Waals surface area contributed by atoms with Gasteiger partial charge in [-0.25, -0.2) is 0 Å². The fraction of sp³-hybridized carbons (Fsp3) is 0.370. The second kappa shape index (κ2) is 8.98. The number of nitrogens with zero attached hydrogens (tertiary/aromatic N) is 2. The number of hydrogen-bond donors (Lipinski definition) is 0. The summed E-state index contributed by atoms with van der Waals surface area (Å²) < 4.78 is 54.8. The predicted octanol–water partition coefficient (Wildman–Crippen LogP) is 5.76. The normalized spacial score (nSPS) is 15.4. The van der Waals surface area contributed by atoms with Crippen LogP contribution < -0.4 is 19.9 Å². The maximum absolute atomic E-state index is 14.1. The lowest BCUT2D eigenvalue weighted by Gasteiger charge is -2.22. The van der Waals surface area contributed by atoms with E-state index in [0.29, 0.717) is 35.7 Å². The van der Waals surface area contributed by atoms with E-state index < -0.39 is 11.7 Å². The average molecular weight is 485 g/mol. The highest BCUT2D eigenvalue weighted by Crippen LogP contribution is 2.41. The second-order valence-electron chi connectivity index (χ2n) is 9.00. The summed E-state index contributed by atoms with van der Waals surface area (Å²) >= 11 is 0. The highest BCUT2D eigenvalue weighted by atomic mass is 19.4. The van der Waals surface area contributed by atoms with Crippen molar-refractivity contribution >= 4 is 5.69 Å². The highest BCUT2D eigenvalue weighted by molar-refractivity contribution is 5.79. The fourth-order valence-electron chi connectivity index (χ4n) is 5.19. The van der Waals surface area contributed by atoms with Crippen LogP contribution in [-0.4, -0.2) is 31.9 Å². The molecule has 0 bridgehead atoms. The molecule has 3 aromatic rings. The third-order valence-corrected chi connectivity index (χ3v) is 6.93. The van der Waals surface area contributed by atoms with E-state index in [4.69, 9.17) is 9.47 Å². The molecule has 2 aromatic carbocycles. The van der Waals surface area contributed by atoms with E-state index in [1.165, 1.54) is 12.1 Å². The summed E-state index contributed by atoms with van der Waals surface area (Å²) in [5.74, 6) is 1.13. The molecule has 0 amide bonds.